The van der Waals surface area contributed by atoms with Crippen LogP contribution < -0.4 is 22.1 Å². The van der Waals surface area contributed by atoms with Crippen LogP contribution in [0.2, 0.25) is 0 Å². The first kappa shape index (κ1) is 16.8. The summed E-state index contributed by atoms with van der Waals surface area (Å²) in [5, 5.41) is 6.68. The summed E-state index contributed by atoms with van der Waals surface area (Å²) < 4.78 is 0. The van der Waals surface area contributed by atoms with Crippen LogP contribution >= 0.6 is 0 Å². The van der Waals surface area contributed by atoms with Crippen LogP contribution in [-0.4, -0.2) is 62.8 Å². The van der Waals surface area contributed by atoms with Gasteiger partial charge in [-0.2, -0.15) is 0 Å². The summed E-state index contributed by atoms with van der Waals surface area (Å²) in [6.45, 7) is 14.0. The predicted molar refractivity (Wildman–Crippen MR) is 75.2 cm³/mol. The molecule has 6 N–H and O–H groups in total. The molecule has 0 aromatic rings. The minimum Gasteiger partial charge on any atom is -0.329 e. The van der Waals surface area contributed by atoms with Gasteiger partial charge in [-0.15, -0.1) is 0 Å². The largest absolute Gasteiger partial charge is 0.329 e. The summed E-state index contributed by atoms with van der Waals surface area (Å²) >= 11 is 0. The van der Waals surface area contributed by atoms with Gasteiger partial charge in [0.25, 0.3) is 0 Å². The zero-order valence-corrected chi connectivity index (χ0v) is 11.8. The fourth-order valence-corrected chi connectivity index (χ4v) is 1.68. The van der Waals surface area contributed by atoms with Gasteiger partial charge in [-0.25, -0.2) is 0 Å². The smallest absolute Gasteiger partial charge is 0.0126 e. The van der Waals surface area contributed by atoms with Gasteiger partial charge in [0.05, 0.1) is 0 Å². The van der Waals surface area contributed by atoms with Crippen molar-refractivity contribution in [1.82, 2.24) is 15.5 Å². The normalized spacial score (nSPS) is 12.4. The Bertz CT molecular complexity index is 167. The van der Waals surface area contributed by atoms with E-state index in [1.165, 1.54) is 0 Å². The van der Waals surface area contributed by atoms with E-state index in [1.807, 2.05) is 0 Å². The Morgan fingerprint density at radius 1 is 0.824 bits per heavy atom. The SMILES string of the molecule is CC(C)(C)N(CCN)CCNCCNCCN. The predicted octanol–water partition coefficient (Wildman–Crippen LogP) is -0.816. The first-order valence-electron chi connectivity index (χ1n) is 6.59. The van der Waals surface area contributed by atoms with Crippen molar-refractivity contribution in [2.24, 2.45) is 11.5 Å². The van der Waals surface area contributed by atoms with Crippen LogP contribution in [0.25, 0.3) is 0 Å². The van der Waals surface area contributed by atoms with E-state index in [-0.39, 0.29) is 5.54 Å². The quantitative estimate of drug-likeness (QED) is 0.378. The second-order valence-corrected chi connectivity index (χ2v) is 5.24. The Balaban J connectivity index is 3.55. The molecule has 0 amide bonds. The maximum absolute atomic E-state index is 5.63. The zero-order chi connectivity index (χ0) is 13.1. The molecular formula is C12H31N5. The summed E-state index contributed by atoms with van der Waals surface area (Å²) in [6, 6.07) is 0. The highest BCUT2D eigenvalue weighted by Gasteiger charge is 2.19. The van der Waals surface area contributed by atoms with Gasteiger partial charge in [-0.05, 0) is 20.8 Å². The molecule has 0 radical (unpaired) electrons. The minimum atomic E-state index is 0.193. The minimum absolute atomic E-state index is 0.193. The Morgan fingerprint density at radius 2 is 1.41 bits per heavy atom. The number of nitrogens with zero attached hydrogens (tertiary/aromatic N) is 1. The molecule has 104 valence electrons. The first-order valence-corrected chi connectivity index (χ1v) is 6.59. The van der Waals surface area contributed by atoms with Gasteiger partial charge in [0.1, 0.15) is 0 Å². The molecule has 0 aromatic carbocycles. The lowest BCUT2D eigenvalue weighted by atomic mass is 10.1. The molecule has 0 aliphatic heterocycles. The molecule has 0 aromatic heterocycles. The standard InChI is InChI=1S/C12H31N5/c1-12(2,3)17(10-5-14)11-9-16-8-7-15-6-4-13/h15-16H,4-11,13-14H2,1-3H3. The van der Waals surface area contributed by atoms with Crippen molar-refractivity contribution >= 4 is 0 Å². The topological polar surface area (TPSA) is 79.3 Å². The molecule has 0 aliphatic rings. The molecule has 0 saturated carbocycles. The van der Waals surface area contributed by atoms with E-state index in [4.69, 9.17) is 11.5 Å². The number of nitrogens with two attached hydrogens (primary N) is 2. The van der Waals surface area contributed by atoms with Crippen LogP contribution in [0.1, 0.15) is 20.8 Å². The summed E-state index contributed by atoms with van der Waals surface area (Å²) in [5.74, 6) is 0. The van der Waals surface area contributed by atoms with Crippen molar-refractivity contribution in [3.63, 3.8) is 0 Å². The van der Waals surface area contributed by atoms with Gasteiger partial charge in [0, 0.05) is 57.9 Å². The molecule has 0 fully saturated rings. The van der Waals surface area contributed by atoms with Gasteiger partial charge in [0.2, 0.25) is 0 Å². The van der Waals surface area contributed by atoms with E-state index >= 15 is 0 Å². The molecule has 0 saturated heterocycles. The van der Waals surface area contributed by atoms with E-state index in [2.05, 4.69) is 36.3 Å². The van der Waals surface area contributed by atoms with Gasteiger partial charge in [0.15, 0.2) is 0 Å². The summed E-state index contributed by atoms with van der Waals surface area (Å²) in [7, 11) is 0. The second kappa shape index (κ2) is 9.79. The maximum Gasteiger partial charge on any atom is 0.0126 e. The van der Waals surface area contributed by atoms with Gasteiger partial charge >= 0.3 is 0 Å². The molecule has 0 bridgehead atoms. The monoisotopic (exact) mass is 245 g/mol. The number of hydrogen-bond acceptors (Lipinski definition) is 5. The van der Waals surface area contributed by atoms with Crippen molar-refractivity contribution in [3.05, 3.63) is 0 Å². The Labute approximate surface area is 106 Å². The fraction of sp³-hybridized carbons (Fsp3) is 1.00. The van der Waals surface area contributed by atoms with Gasteiger partial charge in [-0.3, -0.25) is 4.90 Å². The first-order chi connectivity index (χ1) is 8.02. The molecule has 0 rings (SSSR count). The average Bonchev–Trinajstić information content (AvgIpc) is 2.25. The lowest BCUT2D eigenvalue weighted by Gasteiger charge is -2.35. The van der Waals surface area contributed by atoms with E-state index < -0.39 is 0 Å². The number of nitrogens with one attached hydrogen (secondary N) is 2. The second-order valence-electron chi connectivity index (χ2n) is 5.24. The van der Waals surface area contributed by atoms with E-state index in [0.29, 0.717) is 6.54 Å². The van der Waals surface area contributed by atoms with Crippen LogP contribution in [0.15, 0.2) is 0 Å². The third-order valence-electron chi connectivity index (χ3n) is 2.71. The Kier molecular flexibility index (Phi) is 9.68. The third-order valence-corrected chi connectivity index (χ3v) is 2.71. The molecule has 5 heteroatoms. The highest BCUT2D eigenvalue weighted by atomic mass is 15.2. The summed E-state index contributed by atoms with van der Waals surface area (Å²) in [5.41, 5.74) is 11.2. The molecule has 0 heterocycles. The van der Waals surface area contributed by atoms with E-state index in [1.54, 1.807) is 0 Å². The van der Waals surface area contributed by atoms with Crippen LogP contribution in [0.4, 0.5) is 0 Å². The van der Waals surface area contributed by atoms with Crippen molar-refractivity contribution in [2.45, 2.75) is 26.3 Å². The third kappa shape index (κ3) is 9.50. The summed E-state index contributed by atoms with van der Waals surface area (Å²) in [6.07, 6.45) is 0. The van der Waals surface area contributed by atoms with Crippen LogP contribution in [0, 0.1) is 0 Å². The zero-order valence-electron chi connectivity index (χ0n) is 11.8. The maximum atomic E-state index is 5.63. The lowest BCUT2D eigenvalue weighted by Crippen LogP contribution is -2.47. The molecule has 0 unspecified atom stereocenters. The van der Waals surface area contributed by atoms with E-state index in [0.717, 1.165) is 45.8 Å². The van der Waals surface area contributed by atoms with E-state index in [9.17, 15) is 0 Å². The highest BCUT2D eigenvalue weighted by molar-refractivity contribution is 4.76. The van der Waals surface area contributed by atoms with Gasteiger partial charge in [-0.1, -0.05) is 0 Å². The lowest BCUT2D eigenvalue weighted by molar-refractivity contribution is 0.142. The highest BCUT2D eigenvalue weighted by Crippen LogP contribution is 2.11. The number of rotatable bonds is 10. The van der Waals surface area contributed by atoms with Crippen molar-refractivity contribution in [1.29, 1.82) is 0 Å². The van der Waals surface area contributed by atoms with Crippen molar-refractivity contribution in [2.75, 3.05) is 52.4 Å². The molecule has 0 aliphatic carbocycles. The molecule has 5 nitrogen and oxygen atoms in total. The molecule has 0 atom stereocenters. The van der Waals surface area contributed by atoms with Crippen LogP contribution in [0.5, 0.6) is 0 Å². The molecular weight excluding hydrogens is 214 g/mol. The van der Waals surface area contributed by atoms with Gasteiger partial charge < -0.3 is 22.1 Å². The number of hydrogen-bond donors (Lipinski definition) is 4. The summed E-state index contributed by atoms with van der Waals surface area (Å²) in [4.78, 5) is 2.41. The fourth-order valence-electron chi connectivity index (χ4n) is 1.68. The van der Waals surface area contributed by atoms with Crippen LogP contribution in [-0.2, 0) is 0 Å². The van der Waals surface area contributed by atoms with Crippen molar-refractivity contribution in [3.8, 4) is 0 Å². The Morgan fingerprint density at radius 3 is 1.88 bits per heavy atom. The van der Waals surface area contributed by atoms with Crippen LogP contribution in [0.3, 0.4) is 0 Å². The average molecular weight is 245 g/mol. The molecule has 0 spiro atoms. The Hall–Kier alpha value is -0.200. The molecule has 17 heavy (non-hydrogen) atoms. The van der Waals surface area contributed by atoms with Crippen molar-refractivity contribution < 1.29 is 0 Å².